The third-order valence-electron chi connectivity index (χ3n) is 10.9. The maximum absolute atomic E-state index is 11.6. The Hall–Kier alpha value is -1.90. The number of hydrogen-bond donors (Lipinski definition) is 0. The number of carbonyl (C=O) groups excluding carboxylic acids is 4. The second-order valence-electron chi connectivity index (χ2n) is 14.9. The van der Waals surface area contributed by atoms with Gasteiger partial charge in [0.1, 0.15) is 11.6 Å². The molecule has 0 amide bonds. The number of unbranched alkanes of at least 4 members (excludes halogenated alkanes) is 2. The molecule has 6 rings (SSSR count). The Morgan fingerprint density at radius 3 is 1.39 bits per heavy atom. The standard InChI is InChI=1S/2C12H18N2O.2C8H14O2S2/c2*1-3-11-9(4-5-12(11)15)6-10-7-13-8-14(10)2;2*9-8(10)4-2-1-3-7-5-6-11-12-7/h2*7-9,11H,3-6H2,1-2H3;2*7H,1-6H2,(H,9,10)/p-2/t2*9-,11+;2*7-/m1111/s1. The molecule has 2 saturated heterocycles. The smallest absolute Gasteiger partial charge is 0.136 e. The lowest BCUT2D eigenvalue weighted by atomic mass is 9.89. The summed E-state index contributed by atoms with van der Waals surface area (Å²) in [6, 6.07) is 0. The van der Waals surface area contributed by atoms with E-state index >= 15 is 0 Å². The highest BCUT2D eigenvalue weighted by molar-refractivity contribution is 8.77. The number of carboxylic acids is 2. The monoisotopic (exact) mass is 822 g/mol. The Labute approximate surface area is 339 Å². The van der Waals surface area contributed by atoms with Gasteiger partial charge in [0.15, 0.2) is 0 Å². The van der Waals surface area contributed by atoms with Crippen LogP contribution >= 0.6 is 43.2 Å². The molecule has 0 N–H and O–H groups in total. The molecule has 4 fully saturated rings. The van der Waals surface area contributed by atoms with Crippen molar-refractivity contribution in [2.75, 3.05) is 11.5 Å². The topological polar surface area (TPSA) is 150 Å². The summed E-state index contributed by atoms with van der Waals surface area (Å²) in [7, 11) is 11.8. The molecule has 2 aromatic heterocycles. The average molecular weight is 823 g/mol. The molecule has 2 saturated carbocycles. The summed E-state index contributed by atoms with van der Waals surface area (Å²) in [4.78, 5) is 51.6. The first-order chi connectivity index (χ1) is 26.0. The van der Waals surface area contributed by atoms with Crippen LogP contribution in [0.1, 0.15) is 128 Å². The van der Waals surface area contributed by atoms with E-state index in [9.17, 15) is 29.4 Å². The van der Waals surface area contributed by atoms with Gasteiger partial charge in [0.05, 0.1) is 12.7 Å². The lowest BCUT2D eigenvalue weighted by Gasteiger charge is -2.16. The Morgan fingerprint density at radius 2 is 1.09 bits per heavy atom. The minimum absolute atomic E-state index is 0.227. The zero-order chi connectivity index (χ0) is 39.3. The Morgan fingerprint density at radius 1 is 0.685 bits per heavy atom. The number of Topliss-reactive ketones (excluding diaryl/α,β-unsaturated/α-hetero) is 2. The van der Waals surface area contributed by atoms with Crippen molar-refractivity contribution in [2.45, 2.75) is 140 Å². The lowest BCUT2D eigenvalue weighted by Crippen LogP contribution is -2.21. The summed E-state index contributed by atoms with van der Waals surface area (Å²) in [6.45, 7) is 4.23. The number of rotatable bonds is 16. The van der Waals surface area contributed by atoms with Crippen molar-refractivity contribution in [3.8, 4) is 0 Å². The first-order valence-electron chi connectivity index (χ1n) is 19.9. The first kappa shape index (κ1) is 46.5. The predicted octanol–water partition coefficient (Wildman–Crippen LogP) is 6.84. The molecule has 2 aliphatic carbocycles. The number of hydrogen-bond acceptors (Lipinski definition) is 12. The van der Waals surface area contributed by atoms with Gasteiger partial charge in [-0.25, -0.2) is 9.97 Å². The minimum Gasteiger partial charge on any atom is -0.550 e. The van der Waals surface area contributed by atoms with Gasteiger partial charge in [0, 0.05) is 96.5 Å². The summed E-state index contributed by atoms with van der Waals surface area (Å²) in [5.41, 5.74) is 2.49. The van der Waals surface area contributed by atoms with E-state index in [4.69, 9.17) is 0 Å². The van der Waals surface area contributed by atoms with Crippen LogP contribution in [0.5, 0.6) is 0 Å². The van der Waals surface area contributed by atoms with E-state index in [0.717, 1.165) is 87.5 Å². The lowest BCUT2D eigenvalue weighted by molar-refractivity contribution is -0.307. The SMILES string of the molecule is CC[C@@H]1C(=O)CC[C@@H]1Cc1cncn1C.CC[C@@H]1C(=O)CC[C@@H]1Cc1cncn1C.O=C([O-])CCCC[C@@H]1CCSS1.O=C([O-])CCCC[C@@H]1CCSS1. The molecule has 2 aliphatic heterocycles. The van der Waals surface area contributed by atoms with E-state index in [-0.39, 0.29) is 12.8 Å². The van der Waals surface area contributed by atoms with Crippen molar-refractivity contribution >= 4 is 66.7 Å². The van der Waals surface area contributed by atoms with Crippen molar-refractivity contribution in [3.63, 3.8) is 0 Å². The van der Waals surface area contributed by atoms with Gasteiger partial charge in [0.25, 0.3) is 0 Å². The fourth-order valence-corrected chi connectivity index (χ4v) is 13.7. The Balaban J connectivity index is 0.000000195. The van der Waals surface area contributed by atoms with Crippen LogP contribution in [0.15, 0.2) is 25.0 Å². The summed E-state index contributed by atoms with van der Waals surface area (Å²) < 4.78 is 4.10. The van der Waals surface area contributed by atoms with Crippen LogP contribution in [-0.2, 0) is 46.1 Å². The highest BCUT2D eigenvalue weighted by Crippen LogP contribution is 2.41. The van der Waals surface area contributed by atoms with Gasteiger partial charge in [0.2, 0.25) is 0 Å². The van der Waals surface area contributed by atoms with Crippen LogP contribution in [0.3, 0.4) is 0 Å². The molecule has 14 heteroatoms. The third kappa shape index (κ3) is 17.1. The molecule has 10 nitrogen and oxygen atoms in total. The molecule has 0 unspecified atom stereocenters. The number of aliphatic carboxylic acids is 2. The third-order valence-corrected chi connectivity index (χ3v) is 16.9. The maximum Gasteiger partial charge on any atom is 0.136 e. The van der Waals surface area contributed by atoms with E-state index in [1.165, 1.54) is 48.6 Å². The second-order valence-corrected chi connectivity index (χ2v) is 20.4. The van der Waals surface area contributed by atoms with E-state index in [1.807, 2.05) is 82.3 Å². The molecule has 2 aromatic rings. The number of nitrogens with zero attached hydrogens (tertiary/aromatic N) is 4. The van der Waals surface area contributed by atoms with Crippen LogP contribution in [0.25, 0.3) is 0 Å². The average Bonchev–Trinajstić information content (AvgIpc) is 4.01. The fraction of sp³-hybridized carbons (Fsp3) is 0.750. The highest BCUT2D eigenvalue weighted by Gasteiger charge is 2.34. The number of ketones is 2. The van der Waals surface area contributed by atoms with E-state index < -0.39 is 11.9 Å². The second kappa shape index (κ2) is 26.1. The van der Waals surface area contributed by atoms with Gasteiger partial charge in [-0.15, -0.1) is 0 Å². The van der Waals surface area contributed by atoms with Crippen molar-refractivity contribution < 1.29 is 29.4 Å². The molecule has 0 aromatic carbocycles. The Kier molecular flexibility index (Phi) is 22.5. The quantitative estimate of drug-likeness (QED) is 0.129. The van der Waals surface area contributed by atoms with Crippen LogP contribution < -0.4 is 10.2 Å². The predicted molar refractivity (Wildman–Crippen MR) is 221 cm³/mol. The molecule has 0 radical (unpaired) electrons. The number of aryl methyl sites for hydroxylation is 2. The zero-order valence-corrected chi connectivity index (χ0v) is 36.1. The largest absolute Gasteiger partial charge is 0.550 e. The van der Waals surface area contributed by atoms with Gasteiger partial charge in [-0.05, 0) is 102 Å². The first-order valence-corrected chi connectivity index (χ1v) is 24.7. The van der Waals surface area contributed by atoms with Crippen molar-refractivity contribution in [2.24, 2.45) is 37.8 Å². The van der Waals surface area contributed by atoms with Crippen LogP contribution in [-0.4, -0.2) is 64.6 Å². The van der Waals surface area contributed by atoms with E-state index in [0.29, 0.717) is 35.2 Å². The maximum atomic E-state index is 11.6. The molecular formula is C40H62N4O6S4-2. The number of carboxylic acid groups (broad SMARTS) is 2. The van der Waals surface area contributed by atoms with Crippen LogP contribution in [0.2, 0.25) is 0 Å². The Bertz CT molecular complexity index is 1300. The van der Waals surface area contributed by atoms with Crippen molar-refractivity contribution in [3.05, 3.63) is 36.4 Å². The van der Waals surface area contributed by atoms with Gasteiger partial charge < -0.3 is 28.9 Å². The molecular weight excluding hydrogens is 761 g/mol. The molecule has 6 atom stereocenters. The summed E-state index contributed by atoms with van der Waals surface area (Å²) in [5.74, 6) is 3.28. The van der Waals surface area contributed by atoms with Gasteiger partial charge >= 0.3 is 0 Å². The van der Waals surface area contributed by atoms with Crippen LogP contribution in [0, 0.1) is 23.7 Å². The molecule has 54 heavy (non-hydrogen) atoms. The summed E-state index contributed by atoms with van der Waals surface area (Å²) >= 11 is 0. The molecule has 4 aliphatic rings. The van der Waals surface area contributed by atoms with E-state index in [1.54, 1.807) is 0 Å². The fourth-order valence-electron chi connectivity index (χ4n) is 7.68. The van der Waals surface area contributed by atoms with Gasteiger partial charge in [-0.2, -0.15) is 0 Å². The zero-order valence-electron chi connectivity index (χ0n) is 32.8. The van der Waals surface area contributed by atoms with Crippen molar-refractivity contribution in [1.29, 1.82) is 0 Å². The summed E-state index contributed by atoms with van der Waals surface area (Å²) in [5, 5.41) is 21.7. The molecule has 4 heterocycles. The summed E-state index contributed by atoms with van der Waals surface area (Å²) in [6.07, 6.45) is 24.1. The molecule has 0 bridgehead atoms. The number of aromatic nitrogens is 4. The number of imidazole rings is 2. The van der Waals surface area contributed by atoms with Gasteiger partial charge in [-0.1, -0.05) is 69.9 Å². The highest BCUT2D eigenvalue weighted by atomic mass is 33.1. The van der Waals surface area contributed by atoms with Crippen molar-refractivity contribution in [1.82, 2.24) is 19.1 Å². The normalized spacial score (nSPS) is 24.7. The van der Waals surface area contributed by atoms with Crippen LogP contribution in [0.4, 0.5) is 0 Å². The van der Waals surface area contributed by atoms with E-state index in [2.05, 4.69) is 32.9 Å². The molecule has 304 valence electrons. The minimum atomic E-state index is -0.913. The number of carbonyl (C=O) groups is 4. The molecule has 0 spiro atoms. The van der Waals surface area contributed by atoms with Gasteiger partial charge in [-0.3, -0.25) is 9.59 Å².